The molecule has 3 heterocycles. The molecule has 1 amide bonds. The monoisotopic (exact) mass is 315 g/mol. The van der Waals surface area contributed by atoms with Crippen LogP contribution < -0.4 is 0 Å². The van der Waals surface area contributed by atoms with E-state index >= 15 is 0 Å². The Hall–Kier alpha value is -2.02. The lowest BCUT2D eigenvalue weighted by Crippen LogP contribution is -2.55. The first kappa shape index (κ1) is 14.6. The van der Waals surface area contributed by atoms with Gasteiger partial charge in [0.25, 0.3) is 11.7 Å². The molecule has 23 heavy (non-hydrogen) atoms. The summed E-state index contributed by atoms with van der Waals surface area (Å²) in [5.41, 5.74) is 1.80. The van der Waals surface area contributed by atoms with Gasteiger partial charge in [-0.05, 0) is 32.8 Å². The molecule has 4 rings (SSSR count). The quantitative estimate of drug-likeness (QED) is 0.798. The van der Waals surface area contributed by atoms with E-state index in [9.17, 15) is 4.79 Å². The maximum absolute atomic E-state index is 12.9. The highest BCUT2D eigenvalue weighted by Crippen LogP contribution is 2.29. The van der Waals surface area contributed by atoms with E-state index in [1.54, 1.807) is 4.52 Å². The van der Waals surface area contributed by atoms with E-state index in [0.29, 0.717) is 18.9 Å². The van der Waals surface area contributed by atoms with Crippen molar-refractivity contribution in [3.05, 3.63) is 23.3 Å². The second kappa shape index (κ2) is 5.56. The molecule has 7 nitrogen and oxygen atoms in total. The summed E-state index contributed by atoms with van der Waals surface area (Å²) >= 11 is 0. The number of hydrogen-bond acceptors (Lipinski definition) is 5. The Morgan fingerprint density at radius 1 is 1.26 bits per heavy atom. The molecular formula is C16H21N5O2. The number of carbonyl (C=O) groups is 1. The Balaban J connectivity index is 1.67. The van der Waals surface area contributed by atoms with Crippen molar-refractivity contribution in [2.24, 2.45) is 0 Å². The first-order chi connectivity index (χ1) is 11.1. The molecule has 2 aliphatic rings. The standard InChI is InChI=1S/C16H21N5O2/c1-10-9-11(2)21-16(17-10)18-14(19-21)15(22)20-7-8-23-13-6-4-3-5-12(13)20/h9,12-13H,3-8H2,1-2H3/t12-,13-/m1/s1. The molecule has 1 saturated carbocycles. The van der Waals surface area contributed by atoms with Crippen LogP contribution in [0.5, 0.6) is 0 Å². The lowest BCUT2D eigenvalue weighted by Gasteiger charge is -2.43. The fourth-order valence-corrected chi connectivity index (χ4v) is 3.73. The van der Waals surface area contributed by atoms with Crippen molar-refractivity contribution in [3.63, 3.8) is 0 Å². The molecule has 0 radical (unpaired) electrons. The molecule has 0 spiro atoms. The Morgan fingerprint density at radius 2 is 2.09 bits per heavy atom. The lowest BCUT2D eigenvalue weighted by molar-refractivity contribution is -0.0755. The van der Waals surface area contributed by atoms with Crippen LogP contribution in [0.15, 0.2) is 6.07 Å². The van der Waals surface area contributed by atoms with Gasteiger partial charge >= 0.3 is 0 Å². The molecule has 1 aliphatic heterocycles. The van der Waals surface area contributed by atoms with Gasteiger partial charge in [-0.2, -0.15) is 4.98 Å². The molecular weight excluding hydrogens is 294 g/mol. The summed E-state index contributed by atoms with van der Waals surface area (Å²) in [5, 5.41) is 4.38. The number of aromatic nitrogens is 4. The molecule has 1 saturated heterocycles. The van der Waals surface area contributed by atoms with Gasteiger partial charge in [-0.1, -0.05) is 12.8 Å². The average molecular weight is 315 g/mol. The number of nitrogens with zero attached hydrogens (tertiary/aromatic N) is 5. The Morgan fingerprint density at radius 3 is 2.96 bits per heavy atom. The summed E-state index contributed by atoms with van der Waals surface area (Å²) in [5.74, 6) is 0.615. The number of ether oxygens (including phenoxy) is 1. The number of carbonyl (C=O) groups excluding carboxylic acids is 1. The van der Waals surface area contributed by atoms with E-state index < -0.39 is 0 Å². The van der Waals surface area contributed by atoms with Gasteiger partial charge in [-0.15, -0.1) is 5.10 Å². The first-order valence-electron chi connectivity index (χ1n) is 8.27. The zero-order valence-corrected chi connectivity index (χ0v) is 13.5. The fraction of sp³-hybridized carbons (Fsp3) is 0.625. The molecule has 2 atom stereocenters. The van der Waals surface area contributed by atoms with E-state index in [1.165, 1.54) is 6.42 Å². The Labute approximate surface area is 134 Å². The van der Waals surface area contributed by atoms with Crippen molar-refractivity contribution in [1.82, 2.24) is 24.5 Å². The molecule has 0 bridgehead atoms. The predicted molar refractivity (Wildman–Crippen MR) is 83.3 cm³/mol. The maximum atomic E-state index is 12.9. The molecule has 0 N–H and O–H groups in total. The van der Waals surface area contributed by atoms with Crippen LogP contribution >= 0.6 is 0 Å². The highest BCUT2D eigenvalue weighted by Gasteiger charge is 2.38. The zero-order chi connectivity index (χ0) is 16.0. The summed E-state index contributed by atoms with van der Waals surface area (Å²) in [6, 6.07) is 2.09. The second-order valence-electron chi connectivity index (χ2n) is 6.45. The SMILES string of the molecule is Cc1cc(C)n2nc(C(=O)N3CCO[C@@H]4CCCC[C@H]43)nc2n1. The van der Waals surface area contributed by atoms with Crippen molar-refractivity contribution in [3.8, 4) is 0 Å². The van der Waals surface area contributed by atoms with Crippen molar-refractivity contribution in [2.45, 2.75) is 51.7 Å². The molecule has 2 fully saturated rings. The van der Waals surface area contributed by atoms with Crippen molar-refractivity contribution < 1.29 is 9.53 Å². The first-order valence-corrected chi connectivity index (χ1v) is 8.27. The van der Waals surface area contributed by atoms with Gasteiger partial charge in [-0.3, -0.25) is 4.79 Å². The molecule has 0 unspecified atom stereocenters. The van der Waals surface area contributed by atoms with Gasteiger partial charge < -0.3 is 9.64 Å². The Kier molecular flexibility index (Phi) is 3.52. The number of fused-ring (bicyclic) bond motifs is 2. The number of morpholine rings is 1. The molecule has 2 aromatic rings. The summed E-state index contributed by atoms with van der Waals surface area (Å²) in [4.78, 5) is 23.5. The van der Waals surface area contributed by atoms with Crippen LogP contribution in [-0.2, 0) is 4.74 Å². The zero-order valence-electron chi connectivity index (χ0n) is 13.5. The van der Waals surface area contributed by atoms with Crippen LogP contribution in [0.1, 0.15) is 47.7 Å². The maximum Gasteiger partial charge on any atom is 0.294 e. The second-order valence-corrected chi connectivity index (χ2v) is 6.45. The fourth-order valence-electron chi connectivity index (χ4n) is 3.73. The van der Waals surface area contributed by atoms with Crippen molar-refractivity contribution >= 4 is 11.7 Å². The van der Waals surface area contributed by atoms with Gasteiger partial charge in [0.05, 0.1) is 18.8 Å². The highest BCUT2D eigenvalue weighted by molar-refractivity contribution is 5.91. The summed E-state index contributed by atoms with van der Waals surface area (Å²) in [6.07, 6.45) is 4.53. The lowest BCUT2D eigenvalue weighted by atomic mass is 9.90. The van der Waals surface area contributed by atoms with Crippen LogP contribution in [0.3, 0.4) is 0 Å². The van der Waals surface area contributed by atoms with Gasteiger partial charge in [0.1, 0.15) is 0 Å². The number of aryl methyl sites for hydroxylation is 2. The topological polar surface area (TPSA) is 72.6 Å². The summed E-state index contributed by atoms with van der Waals surface area (Å²) < 4.78 is 7.48. The molecule has 1 aliphatic carbocycles. The highest BCUT2D eigenvalue weighted by atomic mass is 16.5. The summed E-state index contributed by atoms with van der Waals surface area (Å²) in [7, 11) is 0. The number of hydrogen-bond donors (Lipinski definition) is 0. The molecule has 0 aromatic carbocycles. The van der Waals surface area contributed by atoms with E-state index in [4.69, 9.17) is 4.74 Å². The van der Waals surface area contributed by atoms with Gasteiger partial charge in [0.15, 0.2) is 0 Å². The number of amides is 1. The molecule has 2 aromatic heterocycles. The Bertz CT molecular complexity index is 754. The smallest absolute Gasteiger partial charge is 0.294 e. The third kappa shape index (κ3) is 2.49. The summed E-state index contributed by atoms with van der Waals surface area (Å²) in [6.45, 7) is 5.06. The van der Waals surface area contributed by atoms with E-state index in [1.807, 2.05) is 24.8 Å². The van der Waals surface area contributed by atoms with Crippen LogP contribution in [0, 0.1) is 13.8 Å². The van der Waals surface area contributed by atoms with Gasteiger partial charge in [0.2, 0.25) is 5.82 Å². The van der Waals surface area contributed by atoms with Crippen LogP contribution in [0.2, 0.25) is 0 Å². The van der Waals surface area contributed by atoms with E-state index in [-0.39, 0.29) is 23.9 Å². The third-order valence-corrected chi connectivity index (χ3v) is 4.80. The van der Waals surface area contributed by atoms with Gasteiger partial charge in [0, 0.05) is 17.9 Å². The van der Waals surface area contributed by atoms with Crippen LogP contribution in [0.25, 0.3) is 5.78 Å². The van der Waals surface area contributed by atoms with Gasteiger partial charge in [-0.25, -0.2) is 9.50 Å². The largest absolute Gasteiger partial charge is 0.374 e. The van der Waals surface area contributed by atoms with E-state index in [2.05, 4.69) is 15.1 Å². The predicted octanol–water partition coefficient (Wildman–Crippen LogP) is 1.52. The molecule has 7 heteroatoms. The van der Waals surface area contributed by atoms with E-state index in [0.717, 1.165) is 30.7 Å². The minimum absolute atomic E-state index is 0.104. The number of rotatable bonds is 1. The van der Waals surface area contributed by atoms with Crippen LogP contribution in [0.4, 0.5) is 0 Å². The van der Waals surface area contributed by atoms with Crippen LogP contribution in [-0.4, -0.2) is 55.7 Å². The molecule has 122 valence electrons. The normalized spacial score (nSPS) is 24.7. The third-order valence-electron chi connectivity index (χ3n) is 4.80. The average Bonchev–Trinajstić information content (AvgIpc) is 2.98. The van der Waals surface area contributed by atoms with Crippen molar-refractivity contribution in [2.75, 3.05) is 13.2 Å². The van der Waals surface area contributed by atoms with Crippen molar-refractivity contribution in [1.29, 1.82) is 0 Å². The minimum atomic E-state index is -0.104. The minimum Gasteiger partial charge on any atom is -0.374 e.